The first-order chi connectivity index (χ1) is 25.5. The maximum Gasteiger partial charge on any atom is 0.244 e. The number of carbonyl (C=O) groups excluding carboxylic acids is 4. The van der Waals surface area contributed by atoms with E-state index in [1.807, 2.05) is 97.9 Å². The molecule has 7 rings (SSSR count). The van der Waals surface area contributed by atoms with Crippen molar-refractivity contribution >= 4 is 68.2 Å². The van der Waals surface area contributed by atoms with Crippen molar-refractivity contribution in [1.29, 1.82) is 0 Å². The third-order valence-electron chi connectivity index (χ3n) is 13.7. The van der Waals surface area contributed by atoms with Crippen LogP contribution < -0.4 is 9.80 Å². The quantitative estimate of drug-likeness (QED) is 0.124. The van der Waals surface area contributed by atoms with E-state index in [0.717, 1.165) is 36.9 Å². The molecular formula is C43H49N5O5. The van der Waals surface area contributed by atoms with Crippen molar-refractivity contribution in [3.05, 3.63) is 54.6 Å². The molecular weight excluding hydrogens is 667 g/mol. The van der Waals surface area contributed by atoms with Crippen LogP contribution in [-0.4, -0.2) is 38.6 Å². The van der Waals surface area contributed by atoms with E-state index in [-0.39, 0.29) is 41.3 Å². The molecule has 4 amide bonds. The maximum absolute atomic E-state index is 14.7. The van der Waals surface area contributed by atoms with Crippen molar-refractivity contribution in [2.45, 2.75) is 107 Å². The van der Waals surface area contributed by atoms with Gasteiger partial charge in [-0.05, 0) is 92.5 Å². The Bertz CT molecular complexity index is 2170. The average Bonchev–Trinajstić information content (AvgIpc) is 3.70. The van der Waals surface area contributed by atoms with E-state index in [1.54, 1.807) is 0 Å². The lowest BCUT2D eigenvalue weighted by atomic mass is 9.59. The van der Waals surface area contributed by atoms with Gasteiger partial charge in [0, 0.05) is 16.3 Å². The smallest absolute Gasteiger partial charge is 0.244 e. The largest absolute Gasteiger partial charge is 0.456 e. The monoisotopic (exact) mass is 715 g/mol. The number of imide groups is 2. The predicted molar refractivity (Wildman–Crippen MR) is 207 cm³/mol. The van der Waals surface area contributed by atoms with E-state index in [9.17, 15) is 19.2 Å². The second-order valence-corrected chi connectivity index (χ2v) is 14.8. The summed E-state index contributed by atoms with van der Waals surface area (Å²) in [6.07, 6.45) is 3.70. The Balaban J connectivity index is 1.49. The van der Waals surface area contributed by atoms with Crippen LogP contribution in [0.3, 0.4) is 0 Å². The number of hydrogen-bond acceptors (Lipinski definition) is 8. The highest BCUT2D eigenvalue weighted by Gasteiger charge is 2.68. The van der Waals surface area contributed by atoms with E-state index in [0.29, 0.717) is 62.5 Å². The molecule has 10 nitrogen and oxygen atoms in total. The second kappa shape index (κ2) is 12.8. The summed E-state index contributed by atoms with van der Waals surface area (Å²) in [4.78, 5) is 75.3. The summed E-state index contributed by atoms with van der Waals surface area (Å²) in [5.74, 6) is -1.69. The van der Waals surface area contributed by atoms with Crippen LogP contribution in [0.2, 0.25) is 0 Å². The molecule has 5 aromatic rings. The van der Waals surface area contributed by atoms with E-state index in [2.05, 4.69) is 12.1 Å². The van der Waals surface area contributed by atoms with Gasteiger partial charge in [-0.2, -0.15) is 15.0 Å². The normalized spacial score (nSPS) is 19.1. The third-order valence-corrected chi connectivity index (χ3v) is 13.7. The molecule has 0 spiro atoms. The van der Waals surface area contributed by atoms with Gasteiger partial charge in [0.15, 0.2) is 5.82 Å². The summed E-state index contributed by atoms with van der Waals surface area (Å²) in [7, 11) is 0. The van der Waals surface area contributed by atoms with Gasteiger partial charge in [-0.25, -0.2) is 9.80 Å². The van der Waals surface area contributed by atoms with Gasteiger partial charge in [0.2, 0.25) is 35.5 Å². The van der Waals surface area contributed by atoms with Gasteiger partial charge in [0.25, 0.3) is 0 Å². The number of anilines is 2. The highest BCUT2D eigenvalue weighted by atomic mass is 16.3. The standard InChI is InChI=1S/C43H49N5O5/c1-9-40(10-2)34(49)47(35(50)41(40,11-3)12-4)38-44-33(45-39(46-38)48-36(51)42(13-5,14-6)43(15-7,16-8)37(48)52)28-21-22-31-29(24-28)30-23-26-19-17-18-20-27(26)25-32(30)53-31/h17-25H,9-16H2,1-8H3. The van der Waals surface area contributed by atoms with Gasteiger partial charge in [-0.1, -0.05) is 79.7 Å². The number of nitrogens with zero attached hydrogens (tertiary/aromatic N) is 5. The lowest BCUT2D eigenvalue weighted by Gasteiger charge is -2.39. The molecule has 2 aliphatic heterocycles. The zero-order valence-corrected chi connectivity index (χ0v) is 32.1. The van der Waals surface area contributed by atoms with Gasteiger partial charge in [-0.15, -0.1) is 0 Å². The van der Waals surface area contributed by atoms with E-state index < -0.39 is 21.7 Å². The topological polar surface area (TPSA) is 127 Å². The molecule has 276 valence electrons. The van der Waals surface area contributed by atoms with Crippen LogP contribution in [0, 0.1) is 21.7 Å². The molecule has 3 aromatic carbocycles. The Hall–Kier alpha value is -4.99. The molecule has 53 heavy (non-hydrogen) atoms. The van der Waals surface area contributed by atoms with Gasteiger partial charge in [0.1, 0.15) is 11.2 Å². The van der Waals surface area contributed by atoms with Crippen LogP contribution in [0.1, 0.15) is 107 Å². The Kier molecular flexibility index (Phi) is 8.82. The zero-order chi connectivity index (χ0) is 38.1. The van der Waals surface area contributed by atoms with Crippen molar-refractivity contribution in [3.8, 4) is 11.4 Å². The van der Waals surface area contributed by atoms with Gasteiger partial charge in [0.05, 0.1) is 21.7 Å². The first-order valence-corrected chi connectivity index (χ1v) is 19.4. The third kappa shape index (κ3) is 4.53. The molecule has 2 saturated heterocycles. The number of rotatable bonds is 11. The minimum absolute atomic E-state index is 0.136. The highest BCUT2D eigenvalue weighted by molar-refractivity contribution is 6.26. The molecule has 10 heteroatoms. The predicted octanol–water partition coefficient (Wildman–Crippen LogP) is 9.56. The molecule has 0 unspecified atom stereocenters. The molecule has 0 atom stereocenters. The average molecular weight is 716 g/mol. The van der Waals surface area contributed by atoms with Crippen LogP contribution in [0.4, 0.5) is 11.9 Å². The molecule has 2 fully saturated rings. The Morgan fingerprint density at radius 1 is 0.491 bits per heavy atom. The number of benzene rings is 3. The Labute approximate surface area is 310 Å². The van der Waals surface area contributed by atoms with Crippen LogP contribution in [0.5, 0.6) is 0 Å². The molecule has 0 bridgehead atoms. The van der Waals surface area contributed by atoms with E-state index in [4.69, 9.17) is 19.4 Å². The fraction of sp³-hybridized carbons (Fsp3) is 0.465. The Morgan fingerprint density at radius 2 is 0.887 bits per heavy atom. The van der Waals surface area contributed by atoms with Gasteiger partial charge < -0.3 is 4.42 Å². The molecule has 2 aromatic heterocycles. The lowest BCUT2D eigenvalue weighted by Crippen LogP contribution is -2.43. The van der Waals surface area contributed by atoms with Crippen LogP contribution in [-0.2, 0) is 19.2 Å². The number of aromatic nitrogens is 3. The summed E-state index contributed by atoms with van der Waals surface area (Å²) >= 11 is 0. The summed E-state index contributed by atoms with van der Waals surface area (Å²) in [6.45, 7) is 15.6. The number of amides is 4. The minimum Gasteiger partial charge on any atom is -0.456 e. The van der Waals surface area contributed by atoms with Crippen molar-refractivity contribution in [2.24, 2.45) is 21.7 Å². The second-order valence-electron chi connectivity index (χ2n) is 14.8. The van der Waals surface area contributed by atoms with Crippen LogP contribution in [0.25, 0.3) is 44.1 Å². The molecule has 0 N–H and O–H groups in total. The molecule has 0 radical (unpaired) electrons. The Morgan fingerprint density at radius 3 is 1.30 bits per heavy atom. The molecule has 4 heterocycles. The molecule has 2 aliphatic rings. The highest BCUT2D eigenvalue weighted by Crippen LogP contribution is 2.59. The fourth-order valence-corrected chi connectivity index (χ4v) is 10.4. The van der Waals surface area contributed by atoms with Crippen molar-refractivity contribution < 1.29 is 23.6 Å². The van der Waals surface area contributed by atoms with Gasteiger partial charge >= 0.3 is 0 Å². The summed E-state index contributed by atoms with van der Waals surface area (Å²) < 4.78 is 6.26. The van der Waals surface area contributed by atoms with Crippen LogP contribution in [0.15, 0.2) is 59.0 Å². The van der Waals surface area contributed by atoms with Crippen molar-refractivity contribution in [3.63, 3.8) is 0 Å². The summed E-state index contributed by atoms with van der Waals surface area (Å²) in [6, 6.07) is 17.7. The number of hydrogen-bond donors (Lipinski definition) is 0. The zero-order valence-electron chi connectivity index (χ0n) is 32.1. The number of furan rings is 1. The molecule has 0 aliphatic carbocycles. The van der Waals surface area contributed by atoms with E-state index in [1.165, 1.54) is 0 Å². The first kappa shape index (κ1) is 36.4. The lowest BCUT2D eigenvalue weighted by molar-refractivity contribution is -0.136. The number of fused-ring (bicyclic) bond motifs is 4. The minimum atomic E-state index is -0.962. The van der Waals surface area contributed by atoms with Gasteiger partial charge in [-0.3, -0.25) is 19.2 Å². The van der Waals surface area contributed by atoms with Crippen LogP contribution >= 0.6 is 0 Å². The fourth-order valence-electron chi connectivity index (χ4n) is 10.4. The maximum atomic E-state index is 14.7. The first-order valence-electron chi connectivity index (χ1n) is 19.4. The van der Waals surface area contributed by atoms with E-state index >= 15 is 0 Å². The summed E-state index contributed by atoms with van der Waals surface area (Å²) in [5.41, 5.74) is -1.90. The molecule has 0 saturated carbocycles. The summed E-state index contributed by atoms with van der Waals surface area (Å²) in [5, 5.41) is 3.85. The van der Waals surface area contributed by atoms with Crippen molar-refractivity contribution in [2.75, 3.05) is 9.80 Å². The SMILES string of the molecule is CCC1(CC)C(=O)N(c2nc(-c3ccc4oc5cc6ccccc6cc5c4c3)nc(N3C(=O)C(CC)(CC)C(CC)(CC)C3=O)n2)C(=O)C1(CC)CC. The van der Waals surface area contributed by atoms with Crippen molar-refractivity contribution in [1.82, 2.24) is 15.0 Å². The number of carbonyl (C=O) groups is 4.